The predicted molar refractivity (Wildman–Crippen MR) is 114 cm³/mol. The van der Waals surface area contributed by atoms with Crippen LogP contribution in [0.5, 0.6) is 0 Å². The van der Waals surface area contributed by atoms with Crippen LogP contribution in [-0.2, 0) is 28.5 Å². The van der Waals surface area contributed by atoms with Gasteiger partial charge in [-0.15, -0.1) is 11.6 Å². The van der Waals surface area contributed by atoms with Crippen LogP contribution in [0.4, 0.5) is 0 Å². The fraction of sp³-hybridized carbons (Fsp3) is 0.364. The molecule has 0 bridgehead atoms. The van der Waals surface area contributed by atoms with Gasteiger partial charge in [-0.3, -0.25) is 4.79 Å². The molecule has 2 heterocycles. The maximum absolute atomic E-state index is 12.7. The van der Waals surface area contributed by atoms with Crippen LogP contribution in [0.15, 0.2) is 60.7 Å². The van der Waals surface area contributed by atoms with E-state index in [2.05, 4.69) is 15.9 Å². The van der Waals surface area contributed by atoms with Crippen molar-refractivity contribution in [2.75, 3.05) is 12.5 Å². The van der Waals surface area contributed by atoms with Gasteiger partial charge in [-0.2, -0.15) is 0 Å². The zero-order valence-electron chi connectivity index (χ0n) is 16.3. The molecule has 0 spiro atoms. The van der Waals surface area contributed by atoms with Crippen molar-refractivity contribution < 1.29 is 33.3 Å². The molecule has 2 fully saturated rings. The van der Waals surface area contributed by atoms with Gasteiger partial charge in [-0.1, -0.05) is 64.5 Å². The molecular weight excluding hydrogens is 492 g/mol. The smallest absolute Gasteiger partial charge is 0.338 e. The third-order valence-corrected chi connectivity index (χ3v) is 5.93. The molecule has 0 amide bonds. The minimum atomic E-state index is -0.962. The van der Waals surface area contributed by atoms with Gasteiger partial charge in [0, 0.05) is 5.56 Å². The zero-order chi connectivity index (χ0) is 21.8. The number of carbonyl (C=O) groups excluding carboxylic acids is 2. The second-order valence-corrected chi connectivity index (χ2v) is 8.20. The lowest BCUT2D eigenvalue weighted by molar-refractivity contribution is -0.318. The number of fused-ring (bicyclic) bond motifs is 1. The third kappa shape index (κ3) is 5.10. The molecule has 2 aromatic rings. The van der Waals surface area contributed by atoms with Crippen molar-refractivity contribution in [2.24, 2.45) is 0 Å². The highest BCUT2D eigenvalue weighted by atomic mass is 79.9. The minimum absolute atomic E-state index is 0.209. The van der Waals surface area contributed by atoms with Crippen molar-refractivity contribution in [3.8, 4) is 0 Å². The molecule has 1 unspecified atom stereocenters. The van der Waals surface area contributed by atoms with Gasteiger partial charge < -0.3 is 23.7 Å². The van der Waals surface area contributed by atoms with Crippen molar-refractivity contribution in [1.82, 2.24) is 0 Å². The summed E-state index contributed by atoms with van der Waals surface area (Å²) in [5, 5.41) is -0.741. The Morgan fingerprint density at radius 3 is 2.32 bits per heavy atom. The summed E-state index contributed by atoms with van der Waals surface area (Å²) in [6.07, 6.45) is -3.86. The van der Waals surface area contributed by atoms with Gasteiger partial charge in [0.2, 0.25) is 0 Å². The Morgan fingerprint density at radius 1 is 0.968 bits per heavy atom. The number of hydrogen-bond acceptors (Lipinski definition) is 7. The molecule has 164 valence electrons. The van der Waals surface area contributed by atoms with Crippen molar-refractivity contribution in [2.45, 2.75) is 35.7 Å². The van der Waals surface area contributed by atoms with E-state index in [0.29, 0.717) is 5.56 Å². The SMILES string of the molecule is O=C(CCl)O[C@@H]1[C@@H](OC(=O)c2ccccc2)[C@@H](Br)O[C@@H]2COC(c3ccccc3)O[C@H]12. The van der Waals surface area contributed by atoms with E-state index in [4.69, 9.17) is 35.3 Å². The van der Waals surface area contributed by atoms with Gasteiger partial charge in [0.25, 0.3) is 0 Å². The highest BCUT2D eigenvalue weighted by Gasteiger charge is 2.53. The van der Waals surface area contributed by atoms with Crippen LogP contribution in [0.2, 0.25) is 0 Å². The summed E-state index contributed by atoms with van der Waals surface area (Å²) in [5.74, 6) is -1.57. The first-order valence-electron chi connectivity index (χ1n) is 9.70. The molecule has 9 heteroatoms. The first-order chi connectivity index (χ1) is 15.1. The molecule has 0 N–H and O–H groups in total. The van der Waals surface area contributed by atoms with Crippen molar-refractivity contribution in [3.05, 3.63) is 71.8 Å². The van der Waals surface area contributed by atoms with E-state index in [9.17, 15) is 9.59 Å². The maximum Gasteiger partial charge on any atom is 0.338 e. The highest BCUT2D eigenvalue weighted by molar-refractivity contribution is 9.09. The average Bonchev–Trinajstić information content (AvgIpc) is 2.82. The lowest BCUT2D eigenvalue weighted by Gasteiger charge is -2.47. The van der Waals surface area contributed by atoms with E-state index in [1.54, 1.807) is 30.3 Å². The van der Waals surface area contributed by atoms with E-state index < -0.39 is 47.7 Å². The van der Waals surface area contributed by atoms with Gasteiger partial charge in [0.05, 0.1) is 12.2 Å². The van der Waals surface area contributed by atoms with Gasteiger partial charge in [-0.05, 0) is 12.1 Å². The molecule has 0 aromatic heterocycles. The standard InChI is InChI=1S/C22H20BrClO7/c23-20-19(30-21(26)13-7-3-1-4-8-13)18(29-16(25)11-24)17-15(28-20)12-27-22(31-17)14-9-5-2-6-10-14/h1-10,15,17-20,22H,11-12H2/t15-,17+,18+,19-,20+,22?/m1/s1. The van der Waals surface area contributed by atoms with Crippen LogP contribution in [0.25, 0.3) is 0 Å². The summed E-state index contributed by atoms with van der Waals surface area (Å²) in [6, 6.07) is 17.9. The second-order valence-electron chi connectivity index (χ2n) is 7.03. The molecule has 0 saturated carbocycles. The number of benzene rings is 2. The predicted octanol–water partition coefficient (Wildman–Crippen LogP) is 3.60. The number of esters is 2. The fourth-order valence-electron chi connectivity index (χ4n) is 3.52. The number of halogens is 2. The van der Waals surface area contributed by atoms with E-state index in [-0.39, 0.29) is 12.5 Å². The molecule has 0 aliphatic carbocycles. The molecule has 0 radical (unpaired) electrons. The number of ether oxygens (including phenoxy) is 5. The quantitative estimate of drug-likeness (QED) is 0.448. The highest BCUT2D eigenvalue weighted by Crippen LogP contribution is 2.38. The summed E-state index contributed by atoms with van der Waals surface area (Å²) in [5.41, 5.74) is 1.17. The van der Waals surface area contributed by atoms with Crippen molar-refractivity contribution >= 4 is 39.5 Å². The van der Waals surface area contributed by atoms with E-state index >= 15 is 0 Å². The Balaban J connectivity index is 1.58. The van der Waals surface area contributed by atoms with Crippen molar-refractivity contribution in [1.29, 1.82) is 0 Å². The number of hydrogen-bond donors (Lipinski definition) is 0. The topological polar surface area (TPSA) is 80.3 Å². The van der Waals surface area contributed by atoms with Gasteiger partial charge >= 0.3 is 11.9 Å². The average molecular weight is 512 g/mol. The van der Waals surface area contributed by atoms with Gasteiger partial charge in [0.1, 0.15) is 18.1 Å². The number of alkyl halides is 2. The van der Waals surface area contributed by atoms with E-state index in [1.807, 2.05) is 30.3 Å². The molecule has 7 nitrogen and oxygen atoms in total. The van der Waals surface area contributed by atoms with Crippen LogP contribution in [0, 0.1) is 0 Å². The Bertz CT molecular complexity index is 897. The first-order valence-corrected chi connectivity index (χ1v) is 11.1. The zero-order valence-corrected chi connectivity index (χ0v) is 18.6. The summed E-state index contributed by atoms with van der Waals surface area (Å²) in [7, 11) is 0. The van der Waals surface area contributed by atoms with Crippen molar-refractivity contribution in [3.63, 3.8) is 0 Å². The molecule has 2 saturated heterocycles. The summed E-state index contributed by atoms with van der Waals surface area (Å²) < 4.78 is 29.1. The summed E-state index contributed by atoms with van der Waals surface area (Å²) >= 11 is 9.06. The molecular formula is C22H20BrClO7. The molecule has 2 aliphatic heterocycles. The Labute approximate surface area is 192 Å². The van der Waals surface area contributed by atoms with Gasteiger partial charge in [0.15, 0.2) is 23.5 Å². The monoisotopic (exact) mass is 510 g/mol. The van der Waals surface area contributed by atoms with Crippen LogP contribution >= 0.6 is 27.5 Å². The molecule has 2 aromatic carbocycles. The van der Waals surface area contributed by atoms with E-state index in [0.717, 1.165) is 5.56 Å². The van der Waals surface area contributed by atoms with E-state index in [1.165, 1.54) is 0 Å². The molecule has 31 heavy (non-hydrogen) atoms. The largest absolute Gasteiger partial charge is 0.454 e. The summed E-state index contributed by atoms with van der Waals surface area (Å²) in [6.45, 7) is 0.209. The first kappa shape index (κ1) is 22.2. The van der Waals surface area contributed by atoms with Crippen LogP contribution in [0.3, 0.4) is 0 Å². The molecule has 4 rings (SSSR count). The molecule has 2 aliphatic rings. The van der Waals surface area contributed by atoms with Crippen LogP contribution < -0.4 is 0 Å². The number of rotatable bonds is 5. The Hall–Kier alpha value is -1.97. The normalized spacial score (nSPS) is 30.1. The summed E-state index contributed by atoms with van der Waals surface area (Å²) in [4.78, 5) is 24.8. The second kappa shape index (κ2) is 10.1. The van der Waals surface area contributed by atoms with Crippen LogP contribution in [-0.4, -0.2) is 53.9 Å². The van der Waals surface area contributed by atoms with Crippen LogP contribution in [0.1, 0.15) is 22.2 Å². The Morgan fingerprint density at radius 2 is 1.65 bits per heavy atom. The third-order valence-electron chi connectivity index (χ3n) is 4.97. The lowest BCUT2D eigenvalue weighted by atomic mass is 9.98. The minimum Gasteiger partial charge on any atom is -0.454 e. The fourth-order valence-corrected chi connectivity index (χ4v) is 4.27. The number of carbonyl (C=O) groups is 2. The van der Waals surface area contributed by atoms with Gasteiger partial charge in [-0.25, -0.2) is 4.79 Å². The molecule has 6 atom stereocenters. The lowest BCUT2D eigenvalue weighted by Crippen LogP contribution is -2.62. The maximum atomic E-state index is 12.7. The Kier molecular flexibility index (Phi) is 7.24.